The van der Waals surface area contributed by atoms with Gasteiger partial charge in [0.1, 0.15) is 5.82 Å². The first kappa shape index (κ1) is 19.1. The molecule has 0 spiro atoms. The van der Waals surface area contributed by atoms with Crippen molar-refractivity contribution in [2.24, 2.45) is 0 Å². The Balaban J connectivity index is 1.23. The minimum atomic E-state index is 0.338. The second-order valence-corrected chi connectivity index (χ2v) is 8.38. The first-order valence-corrected chi connectivity index (χ1v) is 11.1. The maximum absolute atomic E-state index is 5.43. The number of pyridine rings is 1. The molecule has 32 heavy (non-hydrogen) atoms. The van der Waals surface area contributed by atoms with E-state index in [2.05, 4.69) is 61.3 Å². The minimum Gasteiger partial charge on any atom is -0.381 e. The monoisotopic (exact) mass is 424 g/mol. The molecule has 2 aliphatic rings. The zero-order valence-corrected chi connectivity index (χ0v) is 17.7. The van der Waals surface area contributed by atoms with E-state index in [1.54, 1.807) is 6.20 Å². The fourth-order valence-corrected chi connectivity index (χ4v) is 4.28. The van der Waals surface area contributed by atoms with E-state index >= 15 is 0 Å². The summed E-state index contributed by atoms with van der Waals surface area (Å²) < 4.78 is 7.52. The van der Waals surface area contributed by atoms with E-state index in [1.807, 2.05) is 24.4 Å². The van der Waals surface area contributed by atoms with E-state index in [0.717, 1.165) is 55.2 Å². The number of aromatic nitrogens is 5. The summed E-state index contributed by atoms with van der Waals surface area (Å²) in [5.74, 6) is 1.99. The highest BCUT2D eigenvalue weighted by atomic mass is 16.5. The molecule has 1 N–H and O–H groups in total. The Bertz CT molecular complexity index is 1280. The Morgan fingerprint density at radius 2 is 1.91 bits per heavy atom. The summed E-state index contributed by atoms with van der Waals surface area (Å²) >= 11 is 0. The average molecular weight is 425 g/mol. The molecule has 7 nitrogen and oxygen atoms in total. The van der Waals surface area contributed by atoms with Crippen LogP contribution in [-0.4, -0.2) is 43.8 Å². The predicted molar refractivity (Wildman–Crippen MR) is 123 cm³/mol. The lowest BCUT2D eigenvalue weighted by Gasteiger charge is -2.23. The molecule has 4 heterocycles. The van der Waals surface area contributed by atoms with Gasteiger partial charge in [0, 0.05) is 43.1 Å². The number of fused-ring (bicyclic) bond motifs is 1. The molecular weight excluding hydrogens is 400 g/mol. The topological polar surface area (TPSA) is 77.2 Å². The van der Waals surface area contributed by atoms with Gasteiger partial charge in [0.2, 0.25) is 5.95 Å². The van der Waals surface area contributed by atoms with Crippen LogP contribution in [-0.2, 0) is 4.74 Å². The molecule has 1 aliphatic heterocycles. The van der Waals surface area contributed by atoms with Crippen molar-refractivity contribution >= 4 is 17.7 Å². The number of allylic oxidation sites excluding steroid dienone is 1. The lowest BCUT2D eigenvalue weighted by molar-refractivity contribution is 0.0903. The van der Waals surface area contributed by atoms with E-state index in [-0.39, 0.29) is 0 Å². The molecule has 3 aromatic heterocycles. The number of benzene rings is 1. The van der Waals surface area contributed by atoms with Gasteiger partial charge < -0.3 is 10.1 Å². The Kier molecular flexibility index (Phi) is 4.88. The largest absolute Gasteiger partial charge is 0.381 e. The van der Waals surface area contributed by atoms with Gasteiger partial charge in [-0.2, -0.15) is 0 Å². The standard InChI is InChI=1S/C25H24N6O/c1-2-4-17(5-3-1)14-19-15-21(19)24-30-29-23-16-18(7-11-31(23)24)22-6-10-26-25(28-22)27-20-8-12-32-13-9-20/h1-7,10-11,14,16,20-21H,8-9,12-13,15H2,(H,26,27,28). The van der Waals surface area contributed by atoms with Crippen molar-refractivity contribution < 1.29 is 4.74 Å². The van der Waals surface area contributed by atoms with Crippen LogP contribution >= 0.6 is 0 Å². The molecule has 1 atom stereocenters. The first-order valence-electron chi connectivity index (χ1n) is 11.1. The molecule has 1 unspecified atom stereocenters. The molecule has 4 aromatic rings. The van der Waals surface area contributed by atoms with Gasteiger partial charge in [0.05, 0.1) is 5.69 Å². The first-order chi connectivity index (χ1) is 15.8. The third-order valence-corrected chi connectivity index (χ3v) is 6.13. The molecule has 160 valence electrons. The molecule has 1 aliphatic carbocycles. The van der Waals surface area contributed by atoms with Crippen molar-refractivity contribution in [2.45, 2.75) is 31.2 Å². The highest BCUT2D eigenvalue weighted by molar-refractivity contribution is 5.66. The van der Waals surface area contributed by atoms with Crippen LogP contribution in [0, 0.1) is 0 Å². The second kappa shape index (κ2) is 8.16. The van der Waals surface area contributed by atoms with Crippen molar-refractivity contribution in [2.75, 3.05) is 18.5 Å². The average Bonchev–Trinajstić information content (AvgIpc) is 3.46. The van der Waals surface area contributed by atoms with Crippen molar-refractivity contribution in [1.29, 1.82) is 0 Å². The van der Waals surface area contributed by atoms with Gasteiger partial charge in [-0.3, -0.25) is 4.40 Å². The van der Waals surface area contributed by atoms with Crippen LogP contribution in [0.4, 0.5) is 5.95 Å². The molecule has 6 rings (SSSR count). The molecular formula is C25H24N6O. The number of rotatable bonds is 5. The summed E-state index contributed by atoms with van der Waals surface area (Å²) in [4.78, 5) is 9.12. The number of anilines is 1. The van der Waals surface area contributed by atoms with E-state index < -0.39 is 0 Å². The molecule has 1 saturated heterocycles. The number of nitrogens with zero attached hydrogens (tertiary/aromatic N) is 5. The summed E-state index contributed by atoms with van der Waals surface area (Å²) in [7, 11) is 0. The molecule has 1 saturated carbocycles. The fraction of sp³-hybridized carbons (Fsp3) is 0.280. The third-order valence-electron chi connectivity index (χ3n) is 6.13. The van der Waals surface area contributed by atoms with Gasteiger partial charge in [-0.1, -0.05) is 42.0 Å². The van der Waals surface area contributed by atoms with Crippen LogP contribution in [0.1, 0.15) is 36.6 Å². The van der Waals surface area contributed by atoms with Gasteiger partial charge >= 0.3 is 0 Å². The van der Waals surface area contributed by atoms with Crippen molar-refractivity contribution in [3.8, 4) is 11.3 Å². The highest BCUT2D eigenvalue weighted by Crippen LogP contribution is 2.47. The summed E-state index contributed by atoms with van der Waals surface area (Å²) in [6.45, 7) is 1.57. The van der Waals surface area contributed by atoms with Crippen LogP contribution in [0.15, 0.2) is 66.5 Å². The maximum atomic E-state index is 5.43. The number of ether oxygens (including phenoxy) is 1. The summed E-state index contributed by atoms with van der Waals surface area (Å²) in [6.07, 6.45) is 9.09. The van der Waals surface area contributed by atoms with E-state index in [9.17, 15) is 0 Å². The van der Waals surface area contributed by atoms with Gasteiger partial charge in [-0.15, -0.1) is 10.2 Å². The minimum absolute atomic E-state index is 0.338. The molecule has 2 fully saturated rings. The SMILES string of the molecule is C(=C1CC1c1nnc2cc(-c3ccnc(NC4CCOCC4)n3)ccn12)c1ccccc1. The molecule has 0 radical (unpaired) electrons. The van der Waals surface area contributed by atoms with Crippen molar-refractivity contribution in [3.63, 3.8) is 0 Å². The van der Waals surface area contributed by atoms with Crippen LogP contribution < -0.4 is 5.32 Å². The van der Waals surface area contributed by atoms with Crippen LogP contribution in [0.2, 0.25) is 0 Å². The van der Waals surface area contributed by atoms with Crippen LogP contribution in [0.25, 0.3) is 23.0 Å². The molecule has 0 amide bonds. The maximum Gasteiger partial charge on any atom is 0.223 e. The zero-order valence-electron chi connectivity index (χ0n) is 17.7. The normalized spacial score (nSPS) is 20.0. The van der Waals surface area contributed by atoms with Gasteiger partial charge in [-0.05, 0) is 43.0 Å². The Labute approximate surface area is 186 Å². The summed E-state index contributed by atoms with van der Waals surface area (Å²) in [5, 5.41) is 12.4. The highest BCUT2D eigenvalue weighted by Gasteiger charge is 2.35. The Morgan fingerprint density at radius 3 is 2.78 bits per heavy atom. The van der Waals surface area contributed by atoms with Crippen LogP contribution in [0.5, 0.6) is 0 Å². The lowest BCUT2D eigenvalue weighted by atomic mass is 10.1. The molecule has 7 heteroatoms. The third kappa shape index (κ3) is 3.87. The summed E-state index contributed by atoms with van der Waals surface area (Å²) in [5.41, 5.74) is 5.34. The zero-order chi connectivity index (χ0) is 21.3. The quantitative estimate of drug-likeness (QED) is 0.513. The fourth-order valence-electron chi connectivity index (χ4n) is 4.28. The van der Waals surface area contributed by atoms with E-state index in [4.69, 9.17) is 9.72 Å². The van der Waals surface area contributed by atoms with Gasteiger partial charge in [0.25, 0.3) is 0 Å². The number of nitrogens with one attached hydrogen (secondary N) is 1. The van der Waals surface area contributed by atoms with Gasteiger partial charge in [-0.25, -0.2) is 9.97 Å². The molecule has 0 bridgehead atoms. The van der Waals surface area contributed by atoms with Crippen molar-refractivity contribution in [1.82, 2.24) is 24.6 Å². The lowest BCUT2D eigenvalue weighted by Crippen LogP contribution is -2.28. The number of hydrogen-bond donors (Lipinski definition) is 1. The summed E-state index contributed by atoms with van der Waals surface area (Å²) in [6, 6.07) is 16.8. The Morgan fingerprint density at radius 1 is 1.03 bits per heavy atom. The van der Waals surface area contributed by atoms with E-state index in [1.165, 1.54) is 11.1 Å². The smallest absolute Gasteiger partial charge is 0.223 e. The van der Waals surface area contributed by atoms with Crippen LogP contribution in [0.3, 0.4) is 0 Å². The number of hydrogen-bond acceptors (Lipinski definition) is 6. The predicted octanol–water partition coefficient (Wildman–Crippen LogP) is 4.35. The van der Waals surface area contributed by atoms with Gasteiger partial charge in [0.15, 0.2) is 5.65 Å². The second-order valence-electron chi connectivity index (χ2n) is 8.38. The Hall–Kier alpha value is -3.58. The van der Waals surface area contributed by atoms with Crippen molar-refractivity contribution in [3.05, 3.63) is 77.9 Å². The molecule has 1 aromatic carbocycles. The van der Waals surface area contributed by atoms with E-state index in [0.29, 0.717) is 17.9 Å².